The number of aryl methyl sites for hydroxylation is 1. The van der Waals surface area contributed by atoms with Crippen molar-refractivity contribution >= 4 is 45.6 Å². The van der Waals surface area contributed by atoms with E-state index in [1.165, 1.54) is 6.92 Å². The molecule has 9 heteroatoms. The van der Waals surface area contributed by atoms with Crippen LogP contribution in [0.3, 0.4) is 0 Å². The molecule has 3 heterocycles. The van der Waals surface area contributed by atoms with Gasteiger partial charge in [0.1, 0.15) is 21.7 Å². The van der Waals surface area contributed by atoms with Crippen LogP contribution in [0.25, 0.3) is 22.4 Å². The predicted octanol–water partition coefficient (Wildman–Crippen LogP) is 2.93. The molecule has 0 N–H and O–H groups in total. The van der Waals surface area contributed by atoms with Gasteiger partial charge in [-0.3, -0.25) is 9.59 Å². The topological polar surface area (TPSA) is 77.5 Å². The summed E-state index contributed by atoms with van der Waals surface area (Å²) in [5.74, 6) is 1.07. The van der Waals surface area contributed by atoms with Crippen LogP contribution in [0.15, 0.2) is 44.3 Å². The second-order valence-corrected chi connectivity index (χ2v) is 7.27. The molecule has 0 saturated heterocycles. The predicted molar refractivity (Wildman–Crippen MR) is 101 cm³/mol. The molecule has 130 valence electrons. The zero-order chi connectivity index (χ0) is 18.4. The Labute approximate surface area is 159 Å². The molecular formula is C17H9Cl2N3O3S. The van der Waals surface area contributed by atoms with Crippen molar-refractivity contribution in [3.8, 4) is 11.3 Å². The minimum atomic E-state index is -0.447. The number of rotatable bonds is 2. The van der Waals surface area contributed by atoms with E-state index in [2.05, 4.69) is 10.1 Å². The quantitative estimate of drug-likeness (QED) is 0.512. The Morgan fingerprint density at radius 2 is 1.96 bits per heavy atom. The molecule has 4 rings (SSSR count). The van der Waals surface area contributed by atoms with E-state index in [9.17, 15) is 9.59 Å². The van der Waals surface area contributed by atoms with E-state index in [1.54, 1.807) is 36.4 Å². The fraction of sp³-hybridized carbons (Fsp3) is 0.0588. The lowest BCUT2D eigenvalue weighted by atomic mass is 10.2. The molecule has 0 saturated carbocycles. The summed E-state index contributed by atoms with van der Waals surface area (Å²) in [4.78, 5) is 28.1. The number of halogens is 2. The van der Waals surface area contributed by atoms with Crippen molar-refractivity contribution in [3.63, 3.8) is 0 Å². The third kappa shape index (κ3) is 2.94. The summed E-state index contributed by atoms with van der Waals surface area (Å²) in [7, 11) is 0. The molecule has 0 unspecified atom stereocenters. The average Bonchev–Trinajstić information content (AvgIpc) is 3.18. The highest BCUT2D eigenvalue weighted by atomic mass is 35.5. The van der Waals surface area contributed by atoms with Crippen LogP contribution in [0.4, 0.5) is 0 Å². The number of nitrogens with zero attached hydrogens (tertiary/aromatic N) is 3. The van der Waals surface area contributed by atoms with Gasteiger partial charge in [-0.05, 0) is 37.3 Å². The van der Waals surface area contributed by atoms with Crippen molar-refractivity contribution in [2.24, 2.45) is 0 Å². The van der Waals surface area contributed by atoms with Crippen LogP contribution in [0, 0.1) is 6.92 Å². The normalized spacial score (nSPS) is 12.2. The summed E-state index contributed by atoms with van der Waals surface area (Å²) < 4.78 is 7.25. The molecule has 0 atom stereocenters. The van der Waals surface area contributed by atoms with Gasteiger partial charge in [0, 0.05) is 11.6 Å². The molecule has 26 heavy (non-hydrogen) atoms. The van der Waals surface area contributed by atoms with E-state index in [1.807, 2.05) is 0 Å². The number of benzene rings is 1. The Morgan fingerprint density at radius 3 is 2.73 bits per heavy atom. The molecule has 0 bridgehead atoms. The standard InChI is InChI=1S/C17H9Cl2N3O3S/c1-8-15(23)20-17-22(21-8)16(24)14(26-17)7-10-3-5-13(25-10)9-2-4-11(18)12(19)6-9/h2-7H,1H3/b14-7-. The minimum absolute atomic E-state index is 0.170. The van der Waals surface area contributed by atoms with Crippen molar-refractivity contribution in [2.45, 2.75) is 6.92 Å². The summed E-state index contributed by atoms with van der Waals surface area (Å²) in [6, 6.07) is 8.68. The molecule has 4 aromatic rings. The van der Waals surface area contributed by atoms with Crippen LogP contribution in [0.2, 0.25) is 10.0 Å². The minimum Gasteiger partial charge on any atom is -0.457 e. The number of thiazole rings is 1. The largest absolute Gasteiger partial charge is 0.457 e. The van der Waals surface area contributed by atoms with Gasteiger partial charge in [0.2, 0.25) is 4.96 Å². The second kappa shape index (κ2) is 6.35. The van der Waals surface area contributed by atoms with Gasteiger partial charge in [0.05, 0.1) is 10.0 Å². The van der Waals surface area contributed by atoms with Gasteiger partial charge in [-0.25, -0.2) is 0 Å². The van der Waals surface area contributed by atoms with Crippen LogP contribution in [-0.2, 0) is 0 Å². The van der Waals surface area contributed by atoms with Crippen molar-refractivity contribution < 1.29 is 4.42 Å². The van der Waals surface area contributed by atoms with E-state index in [4.69, 9.17) is 27.6 Å². The van der Waals surface area contributed by atoms with Gasteiger partial charge in [-0.15, -0.1) is 0 Å². The molecular weight excluding hydrogens is 397 g/mol. The number of hydrogen-bond acceptors (Lipinski definition) is 6. The first-order valence-corrected chi connectivity index (χ1v) is 8.97. The average molecular weight is 406 g/mol. The molecule has 0 amide bonds. The van der Waals surface area contributed by atoms with E-state index >= 15 is 0 Å². The van der Waals surface area contributed by atoms with Crippen LogP contribution in [-0.4, -0.2) is 14.6 Å². The van der Waals surface area contributed by atoms with E-state index < -0.39 is 5.56 Å². The van der Waals surface area contributed by atoms with Crippen molar-refractivity contribution in [3.05, 3.63) is 77.1 Å². The van der Waals surface area contributed by atoms with Crippen LogP contribution in [0.1, 0.15) is 11.5 Å². The number of fused-ring (bicyclic) bond motifs is 1. The monoisotopic (exact) mass is 405 g/mol. The summed E-state index contributed by atoms with van der Waals surface area (Å²) in [6.07, 6.45) is 1.59. The zero-order valence-electron chi connectivity index (χ0n) is 13.2. The summed E-state index contributed by atoms with van der Waals surface area (Å²) in [6.45, 7) is 1.51. The second-order valence-electron chi connectivity index (χ2n) is 5.44. The van der Waals surface area contributed by atoms with Gasteiger partial charge in [0.25, 0.3) is 11.1 Å². The Kier molecular flexibility index (Phi) is 4.14. The Hall–Kier alpha value is -2.48. The Balaban J connectivity index is 1.80. The first-order valence-electron chi connectivity index (χ1n) is 7.40. The molecule has 0 radical (unpaired) electrons. The lowest BCUT2D eigenvalue weighted by Crippen LogP contribution is -2.27. The Bertz CT molecular complexity index is 1320. The molecule has 0 aliphatic rings. The summed E-state index contributed by atoms with van der Waals surface area (Å²) >= 11 is 13.0. The van der Waals surface area contributed by atoms with E-state index in [0.29, 0.717) is 26.1 Å². The van der Waals surface area contributed by atoms with Gasteiger partial charge in [0.15, 0.2) is 0 Å². The molecule has 1 aromatic carbocycles. The smallest absolute Gasteiger partial charge is 0.295 e. The first kappa shape index (κ1) is 17.0. The molecule has 3 aromatic heterocycles. The lowest BCUT2D eigenvalue weighted by Gasteiger charge is -1.99. The van der Waals surface area contributed by atoms with Gasteiger partial charge >= 0.3 is 0 Å². The highest BCUT2D eigenvalue weighted by Crippen LogP contribution is 2.29. The molecule has 0 spiro atoms. The maximum atomic E-state index is 12.4. The maximum absolute atomic E-state index is 12.4. The summed E-state index contributed by atoms with van der Waals surface area (Å²) in [5, 5.41) is 4.85. The highest BCUT2D eigenvalue weighted by Gasteiger charge is 2.10. The summed E-state index contributed by atoms with van der Waals surface area (Å²) in [5.41, 5.74) is 0.136. The van der Waals surface area contributed by atoms with Gasteiger partial charge in [-0.1, -0.05) is 34.5 Å². The van der Waals surface area contributed by atoms with Gasteiger partial charge in [-0.2, -0.15) is 14.6 Å². The van der Waals surface area contributed by atoms with Crippen LogP contribution >= 0.6 is 34.5 Å². The van der Waals surface area contributed by atoms with Crippen LogP contribution < -0.4 is 15.7 Å². The first-order chi connectivity index (χ1) is 12.4. The van der Waals surface area contributed by atoms with Crippen molar-refractivity contribution in [1.82, 2.24) is 14.6 Å². The van der Waals surface area contributed by atoms with Crippen LogP contribution in [0.5, 0.6) is 0 Å². The van der Waals surface area contributed by atoms with Crippen molar-refractivity contribution in [1.29, 1.82) is 0 Å². The molecule has 0 aliphatic heterocycles. The highest BCUT2D eigenvalue weighted by molar-refractivity contribution is 7.15. The lowest BCUT2D eigenvalue weighted by molar-refractivity contribution is 0.571. The number of hydrogen-bond donors (Lipinski definition) is 0. The SMILES string of the molecule is Cc1nn2c(=O)/c(=C/c3ccc(-c4ccc(Cl)c(Cl)c4)o3)sc2nc1=O. The third-order valence-corrected chi connectivity index (χ3v) is 5.34. The molecule has 0 fully saturated rings. The van der Waals surface area contributed by atoms with Crippen molar-refractivity contribution in [2.75, 3.05) is 0 Å². The van der Waals surface area contributed by atoms with Gasteiger partial charge < -0.3 is 4.42 Å². The third-order valence-electron chi connectivity index (χ3n) is 3.65. The van der Waals surface area contributed by atoms with E-state index in [0.717, 1.165) is 21.4 Å². The molecule has 0 aliphatic carbocycles. The molecule has 6 nitrogen and oxygen atoms in total. The number of aromatic nitrogens is 3. The zero-order valence-corrected chi connectivity index (χ0v) is 15.5. The fourth-order valence-corrected chi connectivity index (χ4v) is 3.53. The Morgan fingerprint density at radius 1 is 1.15 bits per heavy atom. The maximum Gasteiger partial charge on any atom is 0.295 e. The fourth-order valence-electron chi connectivity index (χ4n) is 2.35. The van der Waals surface area contributed by atoms with E-state index in [-0.39, 0.29) is 16.2 Å². The number of furan rings is 1.